The Kier molecular flexibility index (Phi) is 3.63. The van der Waals surface area contributed by atoms with Gasteiger partial charge < -0.3 is 14.6 Å². The Bertz CT molecular complexity index is 446. The molecule has 19 heavy (non-hydrogen) atoms. The molecule has 0 radical (unpaired) electrons. The Balaban J connectivity index is 2.03. The molecular weight excluding hydrogens is 238 g/mol. The average Bonchev–Trinajstić information content (AvgIpc) is 2.78. The highest BCUT2D eigenvalue weighted by Gasteiger charge is 2.35. The first-order chi connectivity index (χ1) is 9.24. The summed E-state index contributed by atoms with van der Waals surface area (Å²) < 4.78 is 8.30. The molecular formula is C15H25N3O. The van der Waals surface area contributed by atoms with E-state index in [9.17, 15) is 0 Å². The molecule has 4 nitrogen and oxygen atoms in total. The lowest BCUT2D eigenvalue weighted by atomic mass is 9.93. The van der Waals surface area contributed by atoms with Crippen LogP contribution in [0, 0.1) is 0 Å². The van der Waals surface area contributed by atoms with Crippen molar-refractivity contribution in [3.8, 4) is 0 Å². The summed E-state index contributed by atoms with van der Waals surface area (Å²) in [5, 5.41) is 3.43. The van der Waals surface area contributed by atoms with Gasteiger partial charge in [0, 0.05) is 38.2 Å². The van der Waals surface area contributed by atoms with Crippen molar-refractivity contribution in [1.29, 1.82) is 0 Å². The molecule has 1 N–H and O–H groups in total. The molecule has 0 aliphatic carbocycles. The van der Waals surface area contributed by atoms with Crippen molar-refractivity contribution in [3.63, 3.8) is 0 Å². The fraction of sp³-hybridized carbons (Fsp3) is 0.800. The number of rotatable bonds is 3. The Morgan fingerprint density at radius 3 is 3.11 bits per heavy atom. The Morgan fingerprint density at radius 2 is 2.37 bits per heavy atom. The lowest BCUT2D eigenvalue weighted by Gasteiger charge is -2.38. The SMILES string of the molecule is CCCc1nc2c(n1C1(C)CCCOC1)CCNC2. The molecule has 0 amide bonds. The van der Waals surface area contributed by atoms with Gasteiger partial charge in [0.25, 0.3) is 0 Å². The maximum Gasteiger partial charge on any atom is 0.109 e. The molecule has 1 atom stereocenters. The average molecular weight is 263 g/mol. The van der Waals surface area contributed by atoms with Crippen molar-refractivity contribution in [2.24, 2.45) is 0 Å². The summed E-state index contributed by atoms with van der Waals surface area (Å²) in [4.78, 5) is 4.91. The maximum absolute atomic E-state index is 5.77. The Morgan fingerprint density at radius 1 is 1.47 bits per heavy atom. The van der Waals surface area contributed by atoms with Crippen molar-refractivity contribution < 1.29 is 4.74 Å². The smallest absolute Gasteiger partial charge is 0.109 e. The van der Waals surface area contributed by atoms with Gasteiger partial charge in [0.05, 0.1) is 17.8 Å². The Labute approximate surface area is 115 Å². The quantitative estimate of drug-likeness (QED) is 0.906. The van der Waals surface area contributed by atoms with E-state index < -0.39 is 0 Å². The van der Waals surface area contributed by atoms with Gasteiger partial charge in [0.2, 0.25) is 0 Å². The van der Waals surface area contributed by atoms with Crippen LogP contribution in [0.15, 0.2) is 0 Å². The van der Waals surface area contributed by atoms with Gasteiger partial charge in [-0.3, -0.25) is 0 Å². The van der Waals surface area contributed by atoms with E-state index in [2.05, 4.69) is 23.7 Å². The number of hydrogen-bond acceptors (Lipinski definition) is 3. The summed E-state index contributed by atoms with van der Waals surface area (Å²) in [5.41, 5.74) is 2.83. The minimum Gasteiger partial charge on any atom is -0.379 e. The molecule has 0 spiro atoms. The lowest BCUT2D eigenvalue weighted by Crippen LogP contribution is -2.42. The fourth-order valence-corrected chi connectivity index (χ4v) is 3.49. The topological polar surface area (TPSA) is 39.1 Å². The predicted molar refractivity (Wildman–Crippen MR) is 75.3 cm³/mol. The molecule has 1 aromatic rings. The Hall–Kier alpha value is -0.870. The van der Waals surface area contributed by atoms with Gasteiger partial charge in [0.1, 0.15) is 5.82 Å². The number of aryl methyl sites for hydroxylation is 1. The molecule has 3 heterocycles. The molecule has 1 fully saturated rings. The van der Waals surface area contributed by atoms with Gasteiger partial charge in [-0.2, -0.15) is 0 Å². The van der Waals surface area contributed by atoms with E-state index >= 15 is 0 Å². The summed E-state index contributed by atoms with van der Waals surface area (Å²) in [6.07, 6.45) is 5.69. The fourth-order valence-electron chi connectivity index (χ4n) is 3.49. The summed E-state index contributed by atoms with van der Waals surface area (Å²) in [6.45, 7) is 8.32. The molecule has 1 unspecified atom stereocenters. The molecule has 0 bridgehead atoms. The summed E-state index contributed by atoms with van der Waals surface area (Å²) in [7, 11) is 0. The van der Waals surface area contributed by atoms with E-state index in [0.717, 1.165) is 52.0 Å². The summed E-state index contributed by atoms with van der Waals surface area (Å²) >= 11 is 0. The summed E-state index contributed by atoms with van der Waals surface area (Å²) in [5.74, 6) is 1.27. The van der Waals surface area contributed by atoms with Crippen LogP contribution in [-0.4, -0.2) is 29.3 Å². The van der Waals surface area contributed by atoms with E-state index in [-0.39, 0.29) is 5.54 Å². The molecule has 1 aromatic heterocycles. The molecule has 3 rings (SSSR count). The van der Waals surface area contributed by atoms with Crippen LogP contribution in [0.4, 0.5) is 0 Å². The third-order valence-corrected chi connectivity index (χ3v) is 4.39. The van der Waals surface area contributed by atoms with Crippen molar-refractivity contribution in [2.75, 3.05) is 19.8 Å². The van der Waals surface area contributed by atoms with Crippen LogP contribution < -0.4 is 5.32 Å². The highest BCUT2D eigenvalue weighted by atomic mass is 16.5. The highest BCUT2D eigenvalue weighted by molar-refractivity contribution is 5.23. The first-order valence-electron chi connectivity index (χ1n) is 7.63. The molecule has 2 aliphatic rings. The van der Waals surface area contributed by atoms with Gasteiger partial charge in [0.15, 0.2) is 0 Å². The van der Waals surface area contributed by atoms with Gasteiger partial charge in [-0.05, 0) is 26.2 Å². The first kappa shape index (κ1) is 13.1. The minimum atomic E-state index is 0.112. The third kappa shape index (κ3) is 2.32. The van der Waals surface area contributed by atoms with Crippen molar-refractivity contribution in [3.05, 3.63) is 17.2 Å². The van der Waals surface area contributed by atoms with Gasteiger partial charge >= 0.3 is 0 Å². The van der Waals surface area contributed by atoms with E-state index in [1.54, 1.807) is 0 Å². The zero-order valence-corrected chi connectivity index (χ0v) is 12.2. The standard InChI is InChI=1S/C15H25N3O/c1-3-5-14-17-12-10-16-8-6-13(12)18(14)15(2)7-4-9-19-11-15/h16H,3-11H2,1-2H3. The molecule has 1 saturated heterocycles. The van der Waals surface area contributed by atoms with Gasteiger partial charge in [-0.15, -0.1) is 0 Å². The zero-order chi connectivity index (χ0) is 13.3. The van der Waals surface area contributed by atoms with E-state index in [4.69, 9.17) is 9.72 Å². The predicted octanol–water partition coefficient (Wildman–Crippen LogP) is 2.01. The highest BCUT2D eigenvalue weighted by Crippen LogP contribution is 2.32. The molecule has 0 aromatic carbocycles. The van der Waals surface area contributed by atoms with Crippen LogP contribution in [0.2, 0.25) is 0 Å². The number of nitrogens with one attached hydrogen (secondary N) is 1. The second-order valence-corrected chi connectivity index (χ2v) is 6.09. The van der Waals surface area contributed by atoms with Gasteiger partial charge in [-0.1, -0.05) is 6.92 Å². The number of aromatic nitrogens is 2. The van der Waals surface area contributed by atoms with Crippen LogP contribution in [-0.2, 0) is 29.7 Å². The van der Waals surface area contributed by atoms with E-state index in [0.29, 0.717) is 0 Å². The van der Waals surface area contributed by atoms with E-state index in [1.165, 1.54) is 23.6 Å². The van der Waals surface area contributed by atoms with Crippen LogP contribution in [0.5, 0.6) is 0 Å². The van der Waals surface area contributed by atoms with Crippen molar-refractivity contribution >= 4 is 0 Å². The van der Waals surface area contributed by atoms with Crippen molar-refractivity contribution in [2.45, 2.75) is 58.0 Å². The molecule has 4 heteroatoms. The van der Waals surface area contributed by atoms with Crippen LogP contribution in [0.25, 0.3) is 0 Å². The molecule has 2 aliphatic heterocycles. The van der Waals surface area contributed by atoms with Crippen LogP contribution in [0.3, 0.4) is 0 Å². The summed E-state index contributed by atoms with van der Waals surface area (Å²) in [6, 6.07) is 0. The number of fused-ring (bicyclic) bond motifs is 1. The molecule has 0 saturated carbocycles. The number of nitrogens with zero attached hydrogens (tertiary/aromatic N) is 2. The lowest BCUT2D eigenvalue weighted by molar-refractivity contribution is 0.00680. The number of hydrogen-bond donors (Lipinski definition) is 1. The normalized spacial score (nSPS) is 27.3. The van der Waals surface area contributed by atoms with Crippen LogP contribution in [0.1, 0.15) is 50.3 Å². The van der Waals surface area contributed by atoms with E-state index in [1.807, 2.05) is 0 Å². The second-order valence-electron chi connectivity index (χ2n) is 6.09. The van der Waals surface area contributed by atoms with Gasteiger partial charge in [-0.25, -0.2) is 4.98 Å². The van der Waals surface area contributed by atoms with Crippen LogP contribution >= 0.6 is 0 Å². The maximum atomic E-state index is 5.77. The first-order valence-corrected chi connectivity index (χ1v) is 7.63. The monoisotopic (exact) mass is 263 g/mol. The minimum absolute atomic E-state index is 0.112. The van der Waals surface area contributed by atoms with Crippen molar-refractivity contribution in [1.82, 2.24) is 14.9 Å². The number of ether oxygens (including phenoxy) is 1. The number of imidazole rings is 1. The zero-order valence-electron chi connectivity index (χ0n) is 12.2. The second kappa shape index (κ2) is 5.25. The molecule has 106 valence electrons. The largest absolute Gasteiger partial charge is 0.379 e. The third-order valence-electron chi connectivity index (χ3n) is 4.39.